The lowest BCUT2D eigenvalue weighted by atomic mass is 10.2. The number of carbonyl (C=O) groups excluding carboxylic acids is 1. The third kappa shape index (κ3) is 3.54. The van der Waals surface area contributed by atoms with Gasteiger partial charge in [0.15, 0.2) is 0 Å². The number of ether oxygens (including phenoxy) is 1. The minimum atomic E-state index is 0.0164. The van der Waals surface area contributed by atoms with Crippen molar-refractivity contribution in [3.63, 3.8) is 0 Å². The maximum absolute atomic E-state index is 13.1. The molecule has 7 nitrogen and oxygen atoms in total. The third-order valence-corrected chi connectivity index (χ3v) is 6.28. The second-order valence-electron chi connectivity index (χ2n) is 8.54. The summed E-state index contributed by atoms with van der Waals surface area (Å²) in [7, 11) is 3.56. The molecular weight excluding hydrogens is 390 g/mol. The fourth-order valence-electron chi connectivity index (χ4n) is 4.52. The first-order valence-electron chi connectivity index (χ1n) is 10.7. The summed E-state index contributed by atoms with van der Waals surface area (Å²) >= 11 is 0. The Hall–Kier alpha value is -3.35. The molecule has 0 N–H and O–H groups in total. The molecule has 1 amide bonds. The van der Waals surface area contributed by atoms with Crippen molar-refractivity contribution in [2.24, 2.45) is 13.0 Å². The van der Waals surface area contributed by atoms with Crippen LogP contribution in [0.5, 0.6) is 5.75 Å². The molecule has 1 atom stereocenters. The van der Waals surface area contributed by atoms with E-state index in [0.717, 1.165) is 47.3 Å². The molecule has 1 unspecified atom stereocenters. The Labute approximate surface area is 182 Å². The molecule has 2 aliphatic heterocycles. The van der Waals surface area contributed by atoms with Gasteiger partial charge in [-0.25, -0.2) is 9.97 Å². The molecule has 2 aromatic heterocycles. The molecule has 2 aliphatic rings. The Kier molecular flexibility index (Phi) is 4.88. The first-order chi connectivity index (χ1) is 15.0. The normalized spacial score (nSPS) is 18.0. The minimum absolute atomic E-state index is 0.0164. The molecule has 0 bridgehead atoms. The molecule has 4 heterocycles. The number of amides is 1. The zero-order valence-electron chi connectivity index (χ0n) is 18.2. The lowest BCUT2D eigenvalue weighted by Gasteiger charge is -2.18. The third-order valence-electron chi connectivity index (χ3n) is 6.28. The number of fused-ring (bicyclic) bond motifs is 1. The summed E-state index contributed by atoms with van der Waals surface area (Å²) in [6, 6.07) is 11.9. The summed E-state index contributed by atoms with van der Waals surface area (Å²) < 4.78 is 7.11. The van der Waals surface area contributed by atoms with Crippen molar-refractivity contribution in [3.05, 3.63) is 59.5 Å². The second-order valence-corrected chi connectivity index (χ2v) is 8.54. The highest BCUT2D eigenvalue weighted by Gasteiger charge is 2.33. The maximum atomic E-state index is 13.1. The molecule has 3 aromatic rings. The van der Waals surface area contributed by atoms with Gasteiger partial charge in [0.05, 0.1) is 19.3 Å². The van der Waals surface area contributed by atoms with Gasteiger partial charge in [-0.1, -0.05) is 19.1 Å². The fourth-order valence-corrected chi connectivity index (χ4v) is 4.52. The van der Waals surface area contributed by atoms with E-state index in [0.29, 0.717) is 24.7 Å². The fraction of sp³-hybridized carbons (Fsp3) is 0.375. The maximum Gasteiger partial charge on any atom is 0.273 e. The van der Waals surface area contributed by atoms with Crippen LogP contribution >= 0.6 is 0 Å². The summed E-state index contributed by atoms with van der Waals surface area (Å²) in [6.07, 6.45) is 3.08. The summed E-state index contributed by atoms with van der Waals surface area (Å²) in [6.45, 7) is 5.47. The van der Waals surface area contributed by atoms with Crippen LogP contribution in [-0.2, 0) is 20.1 Å². The van der Waals surface area contributed by atoms with Crippen molar-refractivity contribution in [3.8, 4) is 17.1 Å². The number of imidazole rings is 1. The molecule has 7 heteroatoms. The van der Waals surface area contributed by atoms with Crippen LogP contribution in [-0.4, -0.2) is 45.5 Å². The largest absolute Gasteiger partial charge is 0.497 e. The van der Waals surface area contributed by atoms with Gasteiger partial charge in [0, 0.05) is 38.4 Å². The highest BCUT2D eigenvalue weighted by molar-refractivity contribution is 5.97. The van der Waals surface area contributed by atoms with Gasteiger partial charge in [-0.3, -0.25) is 4.79 Å². The predicted octanol–water partition coefficient (Wildman–Crippen LogP) is 3.49. The molecule has 1 saturated heterocycles. The molecule has 1 fully saturated rings. The monoisotopic (exact) mass is 417 g/mol. The van der Waals surface area contributed by atoms with Crippen LogP contribution in [0.3, 0.4) is 0 Å². The van der Waals surface area contributed by atoms with Gasteiger partial charge in [-0.15, -0.1) is 0 Å². The number of pyridine rings is 1. The highest BCUT2D eigenvalue weighted by atomic mass is 16.5. The van der Waals surface area contributed by atoms with Crippen molar-refractivity contribution in [2.45, 2.75) is 26.4 Å². The first-order valence-corrected chi connectivity index (χ1v) is 10.7. The number of aromatic nitrogens is 3. The van der Waals surface area contributed by atoms with Crippen molar-refractivity contribution >= 4 is 11.7 Å². The number of methoxy groups -OCH3 is 1. The van der Waals surface area contributed by atoms with E-state index >= 15 is 0 Å². The van der Waals surface area contributed by atoms with Crippen LogP contribution in [0.25, 0.3) is 11.4 Å². The lowest BCUT2D eigenvalue weighted by Crippen LogP contribution is -2.25. The Bertz CT molecular complexity index is 1100. The van der Waals surface area contributed by atoms with E-state index in [1.807, 2.05) is 47.0 Å². The molecule has 0 saturated carbocycles. The molecule has 0 aliphatic carbocycles. The van der Waals surface area contributed by atoms with E-state index in [-0.39, 0.29) is 5.91 Å². The number of nitrogens with zero attached hydrogens (tertiary/aromatic N) is 5. The van der Waals surface area contributed by atoms with Crippen LogP contribution in [0.2, 0.25) is 0 Å². The number of hydrogen-bond donors (Lipinski definition) is 0. The summed E-state index contributed by atoms with van der Waals surface area (Å²) in [5.41, 5.74) is 3.50. The smallest absolute Gasteiger partial charge is 0.273 e. The minimum Gasteiger partial charge on any atom is -0.497 e. The molecule has 0 radical (unpaired) electrons. The van der Waals surface area contributed by atoms with Gasteiger partial charge in [-0.2, -0.15) is 0 Å². The number of hydrogen-bond acceptors (Lipinski definition) is 5. The van der Waals surface area contributed by atoms with Gasteiger partial charge in [0.25, 0.3) is 5.91 Å². The van der Waals surface area contributed by atoms with E-state index < -0.39 is 0 Å². The highest BCUT2D eigenvalue weighted by Crippen LogP contribution is 2.30. The average molecular weight is 418 g/mol. The van der Waals surface area contributed by atoms with E-state index in [1.54, 1.807) is 7.11 Å². The average Bonchev–Trinajstić information content (AvgIpc) is 3.45. The topological polar surface area (TPSA) is 63.5 Å². The number of benzene rings is 1. The second kappa shape index (κ2) is 7.72. The summed E-state index contributed by atoms with van der Waals surface area (Å²) in [5, 5.41) is 0. The van der Waals surface area contributed by atoms with E-state index in [2.05, 4.69) is 28.9 Å². The van der Waals surface area contributed by atoms with Gasteiger partial charge in [0.2, 0.25) is 0 Å². The van der Waals surface area contributed by atoms with Crippen LogP contribution in [0, 0.1) is 5.92 Å². The molecule has 1 aromatic carbocycles. The molecule has 0 spiro atoms. The van der Waals surface area contributed by atoms with Crippen LogP contribution in [0.15, 0.2) is 42.6 Å². The van der Waals surface area contributed by atoms with Gasteiger partial charge >= 0.3 is 0 Å². The zero-order valence-corrected chi connectivity index (χ0v) is 18.2. The van der Waals surface area contributed by atoms with Crippen LogP contribution < -0.4 is 9.64 Å². The lowest BCUT2D eigenvalue weighted by molar-refractivity contribution is 0.0757. The van der Waals surface area contributed by atoms with Gasteiger partial charge in [0.1, 0.15) is 23.1 Å². The number of rotatable bonds is 5. The van der Waals surface area contributed by atoms with Crippen molar-refractivity contribution in [1.29, 1.82) is 0 Å². The first kappa shape index (κ1) is 19.6. The zero-order chi connectivity index (χ0) is 21.5. The Morgan fingerprint density at radius 3 is 2.58 bits per heavy atom. The summed E-state index contributed by atoms with van der Waals surface area (Å²) in [4.78, 5) is 26.7. The van der Waals surface area contributed by atoms with E-state index in [9.17, 15) is 4.79 Å². The molecule has 5 rings (SSSR count). The Morgan fingerprint density at radius 2 is 1.97 bits per heavy atom. The molecule has 31 heavy (non-hydrogen) atoms. The van der Waals surface area contributed by atoms with Crippen LogP contribution in [0.4, 0.5) is 5.82 Å². The standard InChI is InChI=1S/C24H27N5O2/c1-16-10-11-28(13-16)21-9-6-18(12-25-21)23-26-20-15-29(24(30)22(20)27(23)2)14-17-4-7-19(31-3)8-5-17/h4-9,12,16H,10-11,13-15H2,1-3H3. The van der Waals surface area contributed by atoms with E-state index in [1.165, 1.54) is 6.42 Å². The predicted molar refractivity (Wildman–Crippen MR) is 119 cm³/mol. The number of carbonyl (C=O) groups is 1. The quantitative estimate of drug-likeness (QED) is 0.636. The summed E-state index contributed by atoms with van der Waals surface area (Å²) in [5.74, 6) is 3.34. The molecule has 160 valence electrons. The van der Waals surface area contributed by atoms with Gasteiger partial charge < -0.3 is 19.1 Å². The molecular formula is C24H27N5O2. The van der Waals surface area contributed by atoms with Crippen LogP contribution in [0.1, 0.15) is 35.1 Å². The number of anilines is 1. The van der Waals surface area contributed by atoms with E-state index in [4.69, 9.17) is 9.72 Å². The Balaban J connectivity index is 1.33. The van der Waals surface area contributed by atoms with Crippen molar-refractivity contribution in [1.82, 2.24) is 19.4 Å². The van der Waals surface area contributed by atoms with Crippen molar-refractivity contribution in [2.75, 3.05) is 25.1 Å². The Morgan fingerprint density at radius 1 is 1.16 bits per heavy atom. The van der Waals surface area contributed by atoms with Gasteiger partial charge in [-0.05, 0) is 42.2 Å². The van der Waals surface area contributed by atoms with Crippen molar-refractivity contribution < 1.29 is 9.53 Å². The SMILES string of the molecule is COc1ccc(CN2Cc3nc(-c4ccc(N5CCC(C)C5)nc4)n(C)c3C2=O)cc1.